The lowest BCUT2D eigenvalue weighted by atomic mass is 10.0. The van der Waals surface area contributed by atoms with E-state index in [1.807, 2.05) is 37.3 Å². The van der Waals surface area contributed by atoms with Gasteiger partial charge in [0.15, 0.2) is 11.4 Å². The largest absolute Gasteiger partial charge is 0.439 e. The number of para-hydroxylation sites is 2. The highest BCUT2D eigenvalue weighted by Crippen LogP contribution is 2.22. The summed E-state index contributed by atoms with van der Waals surface area (Å²) in [5.74, 6) is 1.74. The molecule has 25 heavy (non-hydrogen) atoms. The van der Waals surface area contributed by atoms with Gasteiger partial charge in [-0.05, 0) is 51.1 Å². The van der Waals surface area contributed by atoms with Gasteiger partial charge in [-0.15, -0.1) is 5.10 Å². The Hall–Kier alpha value is -2.47. The van der Waals surface area contributed by atoms with E-state index in [4.69, 9.17) is 4.42 Å². The van der Waals surface area contributed by atoms with Crippen LogP contribution in [0.1, 0.15) is 24.4 Å². The molecule has 1 aliphatic heterocycles. The highest BCUT2D eigenvalue weighted by molar-refractivity contribution is 5.72. The molecule has 0 aliphatic carbocycles. The molecule has 0 N–H and O–H groups in total. The summed E-state index contributed by atoms with van der Waals surface area (Å²) in [4.78, 5) is 9.24. The van der Waals surface area contributed by atoms with Crippen LogP contribution in [0.15, 0.2) is 40.8 Å². The number of piperidine rings is 1. The minimum atomic E-state index is 0.451. The first-order valence-corrected chi connectivity index (χ1v) is 8.79. The summed E-state index contributed by atoms with van der Waals surface area (Å²) in [5, 5.41) is 8.52. The van der Waals surface area contributed by atoms with Crippen molar-refractivity contribution < 1.29 is 4.42 Å². The third-order valence-corrected chi connectivity index (χ3v) is 4.85. The van der Waals surface area contributed by atoms with Gasteiger partial charge in [0, 0.05) is 19.1 Å². The maximum Gasteiger partial charge on any atom is 0.209 e. The molecule has 0 spiro atoms. The highest BCUT2D eigenvalue weighted by atomic mass is 16.3. The van der Waals surface area contributed by atoms with Crippen LogP contribution < -0.4 is 4.90 Å². The number of benzene rings is 1. The van der Waals surface area contributed by atoms with E-state index in [1.54, 1.807) is 0 Å². The van der Waals surface area contributed by atoms with Crippen LogP contribution in [0, 0.1) is 6.92 Å². The molecule has 1 aliphatic rings. The van der Waals surface area contributed by atoms with Gasteiger partial charge in [-0.3, -0.25) is 4.90 Å². The number of aromatic nitrogens is 3. The highest BCUT2D eigenvalue weighted by Gasteiger charge is 2.25. The predicted molar refractivity (Wildman–Crippen MR) is 97.5 cm³/mol. The summed E-state index contributed by atoms with van der Waals surface area (Å²) in [6.45, 7) is 4.66. The summed E-state index contributed by atoms with van der Waals surface area (Å²) >= 11 is 0. The van der Waals surface area contributed by atoms with Crippen LogP contribution in [-0.4, -0.2) is 46.3 Å². The van der Waals surface area contributed by atoms with Crippen LogP contribution in [0.4, 0.5) is 5.82 Å². The summed E-state index contributed by atoms with van der Waals surface area (Å²) in [6, 6.07) is 12.4. The van der Waals surface area contributed by atoms with Gasteiger partial charge in [-0.1, -0.05) is 12.1 Å². The lowest BCUT2D eigenvalue weighted by Gasteiger charge is -2.37. The first-order chi connectivity index (χ1) is 12.2. The molecule has 0 bridgehead atoms. The second kappa shape index (κ2) is 6.80. The number of anilines is 1. The Balaban J connectivity index is 1.44. The van der Waals surface area contributed by atoms with Crippen LogP contribution in [0.2, 0.25) is 0 Å². The molecule has 6 heteroatoms. The molecule has 0 radical (unpaired) electrons. The van der Waals surface area contributed by atoms with Crippen molar-refractivity contribution in [1.29, 1.82) is 0 Å². The molecule has 1 saturated heterocycles. The Labute approximate surface area is 147 Å². The van der Waals surface area contributed by atoms with E-state index < -0.39 is 0 Å². The van der Waals surface area contributed by atoms with E-state index in [9.17, 15) is 0 Å². The number of rotatable bonds is 4. The molecule has 130 valence electrons. The fourth-order valence-corrected chi connectivity index (χ4v) is 3.41. The van der Waals surface area contributed by atoms with Crippen molar-refractivity contribution in [3.63, 3.8) is 0 Å². The molecule has 1 aromatic carbocycles. The Morgan fingerprint density at radius 3 is 2.88 bits per heavy atom. The van der Waals surface area contributed by atoms with Crippen molar-refractivity contribution in [2.75, 3.05) is 25.0 Å². The van der Waals surface area contributed by atoms with Crippen LogP contribution in [0.3, 0.4) is 0 Å². The van der Waals surface area contributed by atoms with Gasteiger partial charge in [-0.2, -0.15) is 5.10 Å². The third kappa shape index (κ3) is 3.49. The molecule has 2 aromatic heterocycles. The predicted octanol–water partition coefficient (Wildman–Crippen LogP) is 3.03. The van der Waals surface area contributed by atoms with Gasteiger partial charge < -0.3 is 9.32 Å². The maximum absolute atomic E-state index is 5.87. The fourth-order valence-electron chi connectivity index (χ4n) is 3.41. The Morgan fingerprint density at radius 1 is 1.20 bits per heavy atom. The van der Waals surface area contributed by atoms with E-state index in [2.05, 4.69) is 38.1 Å². The van der Waals surface area contributed by atoms with Gasteiger partial charge in [0.2, 0.25) is 5.89 Å². The van der Waals surface area contributed by atoms with Gasteiger partial charge >= 0.3 is 0 Å². The zero-order chi connectivity index (χ0) is 17.2. The van der Waals surface area contributed by atoms with Crippen LogP contribution in [0.5, 0.6) is 0 Å². The average Bonchev–Trinajstić information content (AvgIpc) is 3.04. The van der Waals surface area contributed by atoms with Crippen molar-refractivity contribution in [1.82, 2.24) is 20.1 Å². The van der Waals surface area contributed by atoms with E-state index >= 15 is 0 Å². The van der Waals surface area contributed by atoms with E-state index in [1.165, 1.54) is 6.42 Å². The van der Waals surface area contributed by atoms with Crippen molar-refractivity contribution in [2.45, 2.75) is 32.4 Å². The molecule has 0 saturated carbocycles. The SMILES string of the molecule is Cc1ccc(N2CCC[C@H](N(C)Cc3nc4ccccc4o3)C2)nn1. The molecule has 0 amide bonds. The molecule has 1 atom stereocenters. The van der Waals surface area contributed by atoms with Crippen LogP contribution in [-0.2, 0) is 6.54 Å². The number of likely N-dealkylation sites (N-methyl/N-ethyl adjacent to an activating group) is 1. The smallest absolute Gasteiger partial charge is 0.209 e. The average molecular weight is 337 g/mol. The Kier molecular flexibility index (Phi) is 4.36. The fraction of sp³-hybridized carbons (Fsp3) is 0.421. The molecule has 4 rings (SSSR count). The molecule has 3 aromatic rings. The first kappa shape index (κ1) is 16.0. The van der Waals surface area contributed by atoms with Crippen molar-refractivity contribution >= 4 is 16.9 Å². The van der Waals surface area contributed by atoms with Gasteiger partial charge in [0.05, 0.1) is 12.2 Å². The summed E-state index contributed by atoms with van der Waals surface area (Å²) in [6.07, 6.45) is 2.32. The number of hydrogen-bond donors (Lipinski definition) is 0. The monoisotopic (exact) mass is 337 g/mol. The van der Waals surface area contributed by atoms with Crippen LogP contribution in [0.25, 0.3) is 11.1 Å². The quantitative estimate of drug-likeness (QED) is 0.729. The number of oxazole rings is 1. The lowest BCUT2D eigenvalue weighted by Crippen LogP contribution is -2.46. The standard InChI is InChI=1S/C19H23N5O/c1-14-9-10-18(22-21-14)24-11-5-6-15(12-24)23(2)13-19-20-16-7-3-4-8-17(16)25-19/h3-4,7-10,15H,5-6,11-13H2,1-2H3/t15-/m0/s1. The third-order valence-electron chi connectivity index (χ3n) is 4.85. The first-order valence-electron chi connectivity index (χ1n) is 8.79. The van der Waals surface area contributed by atoms with E-state index in [0.29, 0.717) is 12.6 Å². The number of nitrogens with zero attached hydrogens (tertiary/aromatic N) is 5. The van der Waals surface area contributed by atoms with Crippen LogP contribution >= 0.6 is 0 Å². The second-order valence-corrected chi connectivity index (χ2v) is 6.77. The minimum absolute atomic E-state index is 0.451. The van der Waals surface area contributed by atoms with Crippen molar-refractivity contribution in [2.24, 2.45) is 0 Å². The molecular formula is C19H23N5O. The normalized spacial score (nSPS) is 18.2. The number of fused-ring (bicyclic) bond motifs is 1. The Morgan fingerprint density at radius 2 is 2.08 bits per heavy atom. The van der Waals surface area contributed by atoms with Gasteiger partial charge in [0.25, 0.3) is 0 Å². The molecule has 6 nitrogen and oxygen atoms in total. The second-order valence-electron chi connectivity index (χ2n) is 6.77. The Bertz CT molecular complexity index is 811. The van der Waals surface area contributed by atoms with Gasteiger partial charge in [0.1, 0.15) is 5.52 Å². The maximum atomic E-state index is 5.87. The molecule has 1 fully saturated rings. The summed E-state index contributed by atoms with van der Waals surface area (Å²) in [5.41, 5.74) is 2.72. The molecule has 0 unspecified atom stereocenters. The van der Waals surface area contributed by atoms with Crippen molar-refractivity contribution in [3.05, 3.63) is 48.0 Å². The minimum Gasteiger partial charge on any atom is -0.439 e. The number of hydrogen-bond acceptors (Lipinski definition) is 6. The molecule has 3 heterocycles. The zero-order valence-corrected chi connectivity index (χ0v) is 14.7. The summed E-state index contributed by atoms with van der Waals surface area (Å²) < 4.78 is 5.87. The lowest BCUT2D eigenvalue weighted by molar-refractivity contribution is 0.192. The zero-order valence-electron chi connectivity index (χ0n) is 14.7. The van der Waals surface area contributed by atoms with Gasteiger partial charge in [-0.25, -0.2) is 4.98 Å². The number of aryl methyl sites for hydroxylation is 1. The van der Waals surface area contributed by atoms with E-state index in [-0.39, 0.29) is 0 Å². The summed E-state index contributed by atoms with van der Waals surface area (Å²) in [7, 11) is 2.14. The topological polar surface area (TPSA) is 58.3 Å². The molecular weight excluding hydrogens is 314 g/mol. The van der Waals surface area contributed by atoms with E-state index in [0.717, 1.165) is 48.0 Å². The van der Waals surface area contributed by atoms with Crippen molar-refractivity contribution in [3.8, 4) is 0 Å².